The summed E-state index contributed by atoms with van der Waals surface area (Å²) in [5.41, 5.74) is 19.1. The number of hydrogen-bond donors (Lipinski definition) is 0. The molecule has 1 heterocycles. The van der Waals surface area contributed by atoms with Gasteiger partial charge in [-0.2, -0.15) is 0 Å². The number of ether oxygens (including phenoxy) is 1. The third-order valence-electron chi connectivity index (χ3n) is 18.3. The van der Waals surface area contributed by atoms with E-state index in [4.69, 9.17) is 4.74 Å². The van der Waals surface area contributed by atoms with Gasteiger partial charge in [0.15, 0.2) is 11.5 Å². The van der Waals surface area contributed by atoms with Gasteiger partial charge in [0.05, 0.1) is 17.1 Å². The Morgan fingerprint density at radius 2 is 1.11 bits per heavy atom. The van der Waals surface area contributed by atoms with Crippen LogP contribution in [0.2, 0.25) is 0 Å². The maximum Gasteiger partial charge on any atom is 0.151 e. The first-order chi connectivity index (χ1) is 33.6. The molecule has 0 spiro atoms. The number of aryl methyl sites for hydroxylation is 3. The quantitative estimate of drug-likeness (QED) is 0.0712. The van der Waals surface area contributed by atoms with Crippen molar-refractivity contribution in [3.63, 3.8) is 0 Å². The highest BCUT2D eigenvalue weighted by Gasteiger charge is 2.49. The normalized spacial score (nSPS) is 15.9. The van der Waals surface area contributed by atoms with E-state index < -0.39 is 0 Å². The van der Waals surface area contributed by atoms with Crippen molar-refractivity contribution in [3.8, 4) is 22.6 Å². The second-order valence-corrected chi connectivity index (χ2v) is 23.2. The number of rotatable bonds is 21. The van der Waals surface area contributed by atoms with Crippen LogP contribution in [0.25, 0.3) is 21.9 Å². The van der Waals surface area contributed by atoms with Crippen LogP contribution in [0.15, 0.2) is 97.1 Å². The number of hydrogen-bond acceptors (Lipinski definition) is 2. The van der Waals surface area contributed by atoms with Gasteiger partial charge in [0.25, 0.3) is 0 Å². The molecule has 0 saturated heterocycles. The van der Waals surface area contributed by atoms with E-state index in [-0.39, 0.29) is 21.7 Å². The third-order valence-corrected chi connectivity index (χ3v) is 18.3. The zero-order valence-electron chi connectivity index (χ0n) is 46.3. The molecule has 6 aromatic rings. The lowest BCUT2D eigenvalue weighted by molar-refractivity contribution is 0.215. The van der Waals surface area contributed by atoms with Crippen molar-refractivity contribution in [3.05, 3.63) is 147 Å². The second kappa shape index (κ2) is 20.7. The molecule has 1 aliphatic heterocycles. The van der Waals surface area contributed by atoms with Crippen LogP contribution in [0.4, 0.5) is 17.1 Å². The molecular formula is C68H89NO. The molecule has 0 N–H and O–H groups in total. The van der Waals surface area contributed by atoms with E-state index in [0.29, 0.717) is 5.92 Å². The fourth-order valence-electron chi connectivity index (χ4n) is 13.4. The molecule has 0 bridgehead atoms. The summed E-state index contributed by atoms with van der Waals surface area (Å²) in [7, 11) is 0. The van der Waals surface area contributed by atoms with Crippen LogP contribution in [-0.4, -0.2) is 0 Å². The lowest BCUT2D eigenvalue weighted by Gasteiger charge is -2.49. The smallest absolute Gasteiger partial charge is 0.151 e. The second-order valence-electron chi connectivity index (χ2n) is 23.2. The van der Waals surface area contributed by atoms with Crippen LogP contribution in [0.1, 0.15) is 229 Å². The fraction of sp³-hybridized carbons (Fsp3) is 0.500. The van der Waals surface area contributed by atoms with Gasteiger partial charge in [-0.1, -0.05) is 201 Å². The highest BCUT2D eigenvalue weighted by molar-refractivity contribution is 6.04. The molecule has 3 atom stereocenters. The highest BCUT2D eigenvalue weighted by Crippen LogP contribution is 2.61. The third kappa shape index (κ3) is 8.74. The van der Waals surface area contributed by atoms with Crippen LogP contribution < -0.4 is 9.64 Å². The zero-order chi connectivity index (χ0) is 50.2. The van der Waals surface area contributed by atoms with Crippen molar-refractivity contribution in [2.45, 2.75) is 221 Å². The minimum atomic E-state index is -0.189. The predicted molar refractivity (Wildman–Crippen MR) is 305 cm³/mol. The summed E-state index contributed by atoms with van der Waals surface area (Å²) in [6, 6.07) is 39.2. The van der Waals surface area contributed by atoms with Crippen molar-refractivity contribution >= 4 is 27.8 Å². The number of unbranched alkanes of at least 4 members (excludes halogenated alkanes) is 3. The molecule has 0 radical (unpaired) electrons. The van der Waals surface area contributed by atoms with Crippen molar-refractivity contribution in [2.24, 2.45) is 0 Å². The first kappa shape index (κ1) is 51.5. The molecule has 6 aromatic carbocycles. The lowest BCUT2D eigenvalue weighted by atomic mass is 9.55. The number of anilines is 3. The van der Waals surface area contributed by atoms with E-state index in [9.17, 15) is 0 Å². The lowest BCUT2D eigenvalue weighted by Crippen LogP contribution is -2.45. The van der Waals surface area contributed by atoms with Crippen LogP contribution in [-0.2, 0) is 28.1 Å². The van der Waals surface area contributed by atoms with Crippen molar-refractivity contribution < 1.29 is 4.74 Å². The highest BCUT2D eigenvalue weighted by atomic mass is 16.5. The van der Waals surface area contributed by atoms with E-state index in [1.807, 2.05) is 0 Å². The Hall–Kier alpha value is -4.82. The molecule has 0 amide bonds. The molecule has 0 fully saturated rings. The molecule has 372 valence electrons. The van der Waals surface area contributed by atoms with Gasteiger partial charge in [-0.05, 0) is 173 Å². The molecule has 0 saturated carbocycles. The van der Waals surface area contributed by atoms with E-state index in [1.54, 1.807) is 11.1 Å². The SMILES string of the molecule is CCCCc1cc(C)c(N2c3ccc(C(C)(C)CC)cc3Oc3cc(C(C)(CCC)C(C)(CCC)c4ccc5c(c4)C(CCCC)(CCCC)c4cc(C(C)CC)c6ccccc6c4-5)ccc32)c(C)c1. The van der Waals surface area contributed by atoms with Crippen molar-refractivity contribution in [1.29, 1.82) is 0 Å². The Labute approximate surface area is 426 Å². The first-order valence-electron chi connectivity index (χ1n) is 28.2. The molecule has 2 aliphatic rings. The van der Waals surface area contributed by atoms with Crippen molar-refractivity contribution in [2.75, 3.05) is 4.90 Å². The Morgan fingerprint density at radius 3 is 1.67 bits per heavy atom. The summed E-state index contributed by atoms with van der Waals surface area (Å²) < 4.78 is 7.28. The van der Waals surface area contributed by atoms with Gasteiger partial charge in [-0.3, -0.25) is 0 Å². The predicted octanol–water partition coefficient (Wildman–Crippen LogP) is 21.0. The minimum Gasteiger partial charge on any atom is -0.453 e. The minimum absolute atomic E-state index is 0.0145. The number of nitrogens with zero attached hydrogens (tertiary/aromatic N) is 1. The summed E-state index contributed by atoms with van der Waals surface area (Å²) in [6.07, 6.45) is 17.4. The van der Waals surface area contributed by atoms with E-state index >= 15 is 0 Å². The molecule has 0 aromatic heterocycles. The van der Waals surface area contributed by atoms with E-state index in [2.05, 4.69) is 199 Å². The maximum atomic E-state index is 7.28. The fourth-order valence-corrected chi connectivity index (χ4v) is 13.4. The maximum absolute atomic E-state index is 7.28. The Balaban J connectivity index is 1.33. The Morgan fingerprint density at radius 1 is 0.571 bits per heavy atom. The van der Waals surface area contributed by atoms with Crippen LogP contribution in [0.3, 0.4) is 0 Å². The van der Waals surface area contributed by atoms with Crippen LogP contribution >= 0.6 is 0 Å². The monoisotopic (exact) mass is 936 g/mol. The van der Waals surface area contributed by atoms with E-state index in [1.165, 1.54) is 118 Å². The summed E-state index contributed by atoms with van der Waals surface area (Å²) in [4.78, 5) is 2.53. The summed E-state index contributed by atoms with van der Waals surface area (Å²) in [6.45, 7) is 33.5. The van der Waals surface area contributed by atoms with Gasteiger partial charge in [0, 0.05) is 16.2 Å². The Bertz CT molecular complexity index is 2790. The topological polar surface area (TPSA) is 12.5 Å². The summed E-state index contributed by atoms with van der Waals surface area (Å²) >= 11 is 0. The van der Waals surface area contributed by atoms with Crippen LogP contribution in [0.5, 0.6) is 11.5 Å². The largest absolute Gasteiger partial charge is 0.453 e. The molecular weight excluding hydrogens is 847 g/mol. The van der Waals surface area contributed by atoms with Crippen molar-refractivity contribution in [1.82, 2.24) is 0 Å². The molecule has 70 heavy (non-hydrogen) atoms. The van der Waals surface area contributed by atoms with E-state index in [0.717, 1.165) is 67.8 Å². The average molecular weight is 936 g/mol. The molecule has 1 aliphatic carbocycles. The molecule has 2 heteroatoms. The Kier molecular flexibility index (Phi) is 15.3. The molecule has 3 unspecified atom stereocenters. The van der Waals surface area contributed by atoms with Gasteiger partial charge in [0.2, 0.25) is 0 Å². The average Bonchev–Trinajstić information content (AvgIpc) is 3.63. The van der Waals surface area contributed by atoms with Gasteiger partial charge >= 0.3 is 0 Å². The first-order valence-corrected chi connectivity index (χ1v) is 28.2. The van der Waals surface area contributed by atoms with Gasteiger partial charge in [-0.15, -0.1) is 0 Å². The van der Waals surface area contributed by atoms with Gasteiger partial charge in [0.1, 0.15) is 0 Å². The summed E-state index contributed by atoms with van der Waals surface area (Å²) in [5.74, 6) is 2.41. The van der Waals surface area contributed by atoms with Crippen LogP contribution in [0, 0.1) is 13.8 Å². The number of benzene rings is 6. The standard InChI is InChI=1S/C68H89NO/c1-15-22-27-49-40-47(9)64(48(10)41-49)69-59-34-31-50(65(11,12)21-7)43-61(59)70-62-44-52(32-35-60(62)69)67(14,37-19-5)66(13,36-18-4)51-30-33-55-57(42-51)68(38-23-16-2,39-24-17-3)58-45-56(46(8)20-6)53-28-25-26-29-54(53)63(55)58/h25-26,28-35,40-46H,15-24,27,36-39H2,1-14H3. The summed E-state index contributed by atoms with van der Waals surface area (Å²) in [5, 5.41) is 2.88. The van der Waals surface area contributed by atoms with Gasteiger partial charge < -0.3 is 9.64 Å². The molecule has 2 nitrogen and oxygen atoms in total. The zero-order valence-corrected chi connectivity index (χ0v) is 46.3. The number of fused-ring (bicyclic) bond motifs is 7. The van der Waals surface area contributed by atoms with Gasteiger partial charge in [-0.25, -0.2) is 0 Å². The molecule has 8 rings (SSSR count).